The third kappa shape index (κ3) is 3.43. The number of benzene rings is 2. The summed E-state index contributed by atoms with van der Waals surface area (Å²) in [4.78, 5) is 2.16. The molecule has 0 amide bonds. The first-order valence-electron chi connectivity index (χ1n) is 9.44. The van der Waals surface area contributed by atoms with Gasteiger partial charge in [0.15, 0.2) is 5.60 Å². The van der Waals surface area contributed by atoms with Gasteiger partial charge in [-0.2, -0.15) is 0 Å². The lowest BCUT2D eigenvalue weighted by Gasteiger charge is -2.36. The minimum absolute atomic E-state index is 0.0242. The zero-order valence-electron chi connectivity index (χ0n) is 16.2. The van der Waals surface area contributed by atoms with Crippen molar-refractivity contribution in [2.75, 3.05) is 13.6 Å². The summed E-state index contributed by atoms with van der Waals surface area (Å²) in [5, 5.41) is 12.7. The molecule has 3 nitrogen and oxygen atoms in total. The van der Waals surface area contributed by atoms with Crippen molar-refractivity contribution in [3.8, 4) is 0 Å². The summed E-state index contributed by atoms with van der Waals surface area (Å²) in [6.45, 7) is 1.81. The summed E-state index contributed by atoms with van der Waals surface area (Å²) in [5.41, 5.74) is 0.189. The number of aromatic nitrogens is 1. The molecule has 7 heteroatoms. The molecule has 2 aromatic carbocycles. The SMILES string of the molecule is CN1CCc2c(c3cc(Cl)ccc3n2CC(O)(c2ccc(F)cc2)C(C)(F)F)C1. The van der Waals surface area contributed by atoms with E-state index in [-0.39, 0.29) is 12.1 Å². The van der Waals surface area contributed by atoms with Crippen LogP contribution in [0.25, 0.3) is 10.9 Å². The Kier molecular flexibility index (Phi) is 4.92. The molecule has 0 fully saturated rings. The highest BCUT2D eigenvalue weighted by Crippen LogP contribution is 2.42. The molecule has 1 atom stereocenters. The zero-order chi connectivity index (χ0) is 21.0. The third-order valence-corrected chi connectivity index (χ3v) is 6.08. The van der Waals surface area contributed by atoms with E-state index in [9.17, 15) is 18.3 Å². The fourth-order valence-corrected chi connectivity index (χ4v) is 4.35. The Hall–Kier alpha value is -2.02. The monoisotopic (exact) mass is 422 g/mol. The number of likely N-dealkylation sites (N-methyl/N-ethyl adjacent to an activating group) is 1. The van der Waals surface area contributed by atoms with Crippen molar-refractivity contribution < 1.29 is 18.3 Å². The Morgan fingerprint density at radius 1 is 1.14 bits per heavy atom. The number of nitrogens with zero attached hydrogens (tertiary/aromatic N) is 2. The molecule has 154 valence electrons. The Morgan fingerprint density at radius 2 is 1.83 bits per heavy atom. The molecule has 29 heavy (non-hydrogen) atoms. The van der Waals surface area contributed by atoms with Crippen LogP contribution in [0.1, 0.15) is 23.7 Å². The van der Waals surface area contributed by atoms with Crippen molar-refractivity contribution in [1.29, 1.82) is 0 Å². The van der Waals surface area contributed by atoms with Crippen LogP contribution < -0.4 is 0 Å². The highest BCUT2D eigenvalue weighted by Gasteiger charge is 2.51. The maximum atomic E-state index is 14.7. The number of hydrogen-bond acceptors (Lipinski definition) is 2. The van der Waals surface area contributed by atoms with E-state index in [1.807, 2.05) is 13.1 Å². The smallest absolute Gasteiger partial charge is 0.279 e. The van der Waals surface area contributed by atoms with Gasteiger partial charge in [-0.15, -0.1) is 0 Å². The standard InChI is InChI=1S/C22H22ClF3N2O/c1-21(25,26)22(29,14-3-6-16(24)7-4-14)13-28-19-8-5-15(23)11-17(19)18-12-27(2)10-9-20(18)28/h3-8,11,29H,9-10,12-13H2,1-2H3. The highest BCUT2D eigenvalue weighted by molar-refractivity contribution is 6.31. The zero-order valence-corrected chi connectivity index (χ0v) is 17.0. The predicted octanol–water partition coefficient (Wildman–Crippen LogP) is 4.96. The van der Waals surface area contributed by atoms with Crippen molar-refractivity contribution in [1.82, 2.24) is 9.47 Å². The van der Waals surface area contributed by atoms with Crippen LogP contribution in [-0.4, -0.2) is 34.1 Å². The van der Waals surface area contributed by atoms with Gasteiger partial charge in [0.1, 0.15) is 5.82 Å². The fourth-order valence-electron chi connectivity index (χ4n) is 4.18. The predicted molar refractivity (Wildman–Crippen MR) is 108 cm³/mol. The van der Waals surface area contributed by atoms with Crippen LogP contribution in [0, 0.1) is 5.82 Å². The summed E-state index contributed by atoms with van der Waals surface area (Å²) < 4.78 is 44.6. The van der Waals surface area contributed by atoms with Crippen molar-refractivity contribution in [2.24, 2.45) is 0 Å². The maximum Gasteiger partial charge on any atom is 0.279 e. The Morgan fingerprint density at radius 3 is 2.48 bits per heavy atom. The lowest BCUT2D eigenvalue weighted by molar-refractivity contribution is -0.183. The minimum Gasteiger partial charge on any atom is -0.377 e. The van der Waals surface area contributed by atoms with E-state index in [2.05, 4.69) is 4.90 Å². The molecule has 1 N–H and O–H groups in total. The van der Waals surface area contributed by atoms with Gasteiger partial charge in [0.25, 0.3) is 5.92 Å². The van der Waals surface area contributed by atoms with Gasteiger partial charge in [0.05, 0.1) is 6.54 Å². The van der Waals surface area contributed by atoms with Gasteiger partial charge in [-0.05, 0) is 48.5 Å². The lowest BCUT2D eigenvalue weighted by Crippen LogP contribution is -2.47. The van der Waals surface area contributed by atoms with Gasteiger partial charge in [0, 0.05) is 48.1 Å². The van der Waals surface area contributed by atoms with E-state index in [1.54, 1.807) is 16.7 Å². The van der Waals surface area contributed by atoms with Gasteiger partial charge in [-0.3, -0.25) is 0 Å². The Balaban J connectivity index is 1.90. The molecule has 0 radical (unpaired) electrons. The lowest BCUT2D eigenvalue weighted by atomic mass is 9.87. The van der Waals surface area contributed by atoms with Crippen molar-refractivity contribution in [2.45, 2.75) is 38.0 Å². The van der Waals surface area contributed by atoms with Crippen LogP contribution in [0.15, 0.2) is 42.5 Å². The van der Waals surface area contributed by atoms with Crippen molar-refractivity contribution >= 4 is 22.5 Å². The highest BCUT2D eigenvalue weighted by atomic mass is 35.5. The Bertz CT molecular complexity index is 1060. The minimum atomic E-state index is -3.45. The van der Waals surface area contributed by atoms with Crippen LogP contribution in [0.3, 0.4) is 0 Å². The maximum absolute atomic E-state index is 14.7. The molecule has 0 aliphatic carbocycles. The number of hydrogen-bond donors (Lipinski definition) is 1. The number of fused-ring (bicyclic) bond motifs is 3. The molecule has 1 aliphatic heterocycles. The largest absolute Gasteiger partial charge is 0.377 e. The van der Waals surface area contributed by atoms with Gasteiger partial charge < -0.3 is 14.6 Å². The first-order chi connectivity index (χ1) is 13.6. The topological polar surface area (TPSA) is 28.4 Å². The summed E-state index contributed by atoms with van der Waals surface area (Å²) in [6.07, 6.45) is 0.674. The van der Waals surface area contributed by atoms with Crippen molar-refractivity contribution in [3.05, 3.63) is 70.1 Å². The average Bonchev–Trinajstić information content (AvgIpc) is 2.93. The fraction of sp³-hybridized carbons (Fsp3) is 0.364. The molecule has 4 rings (SSSR count). The number of aliphatic hydroxyl groups is 1. The summed E-state index contributed by atoms with van der Waals surface area (Å²) in [5.74, 6) is -4.00. The molecule has 0 saturated carbocycles. The molecular weight excluding hydrogens is 401 g/mol. The van der Waals surface area contributed by atoms with E-state index < -0.39 is 17.3 Å². The molecule has 0 saturated heterocycles. The summed E-state index contributed by atoms with van der Waals surface area (Å²) in [7, 11) is 2.01. The second kappa shape index (κ2) is 7.04. The Labute approximate surface area is 172 Å². The molecular formula is C22H22ClF3N2O. The molecule has 2 heterocycles. The normalized spacial score (nSPS) is 17.3. The van der Waals surface area contributed by atoms with E-state index in [0.717, 1.165) is 40.8 Å². The quantitative estimate of drug-likeness (QED) is 0.643. The molecule has 0 bridgehead atoms. The number of rotatable bonds is 4. The summed E-state index contributed by atoms with van der Waals surface area (Å²) >= 11 is 6.20. The van der Waals surface area contributed by atoms with Crippen LogP contribution in [0.2, 0.25) is 5.02 Å². The molecule has 1 aliphatic rings. The third-order valence-electron chi connectivity index (χ3n) is 5.84. The molecule has 1 unspecified atom stereocenters. The number of halogens is 4. The van der Waals surface area contributed by atoms with Crippen molar-refractivity contribution in [3.63, 3.8) is 0 Å². The molecule has 0 spiro atoms. The van der Waals surface area contributed by atoms with Crippen LogP contribution >= 0.6 is 11.6 Å². The van der Waals surface area contributed by atoms with Gasteiger partial charge in [-0.1, -0.05) is 23.7 Å². The molecule has 3 aromatic rings. The van der Waals surface area contributed by atoms with Crippen LogP contribution in [0.4, 0.5) is 13.2 Å². The second-order valence-corrected chi connectivity index (χ2v) is 8.35. The van der Waals surface area contributed by atoms with E-state index in [1.165, 1.54) is 12.1 Å². The van der Waals surface area contributed by atoms with Gasteiger partial charge in [0.2, 0.25) is 0 Å². The van der Waals surface area contributed by atoms with Gasteiger partial charge >= 0.3 is 0 Å². The van der Waals surface area contributed by atoms with Crippen LogP contribution in [-0.2, 0) is 25.1 Å². The molecule has 1 aromatic heterocycles. The van der Waals surface area contributed by atoms with Crippen LogP contribution in [0.5, 0.6) is 0 Å². The second-order valence-electron chi connectivity index (χ2n) is 7.92. The average molecular weight is 423 g/mol. The van der Waals surface area contributed by atoms with Gasteiger partial charge in [-0.25, -0.2) is 13.2 Å². The number of alkyl halides is 2. The summed E-state index contributed by atoms with van der Waals surface area (Å²) in [6, 6.07) is 9.97. The van der Waals surface area contributed by atoms with E-state index in [4.69, 9.17) is 11.6 Å². The van der Waals surface area contributed by atoms with E-state index in [0.29, 0.717) is 24.9 Å². The first-order valence-corrected chi connectivity index (χ1v) is 9.82. The first kappa shape index (κ1) is 20.3. The van der Waals surface area contributed by atoms with E-state index >= 15 is 0 Å².